The summed E-state index contributed by atoms with van der Waals surface area (Å²) < 4.78 is 31.2. The molecule has 1 aromatic heterocycles. The number of fused-ring (bicyclic) bond motifs is 1. The van der Waals surface area contributed by atoms with Crippen molar-refractivity contribution in [3.05, 3.63) is 45.6 Å². The van der Waals surface area contributed by atoms with Gasteiger partial charge in [0.2, 0.25) is 10.0 Å². The van der Waals surface area contributed by atoms with E-state index in [1.165, 1.54) is 9.75 Å². The lowest BCUT2D eigenvalue weighted by Crippen LogP contribution is -2.44. The molecule has 1 saturated carbocycles. The van der Waals surface area contributed by atoms with Gasteiger partial charge in [0.25, 0.3) is 0 Å². The molecule has 0 bridgehead atoms. The van der Waals surface area contributed by atoms with Gasteiger partial charge < -0.3 is 15.2 Å². The van der Waals surface area contributed by atoms with Crippen molar-refractivity contribution < 1.29 is 23.1 Å². The van der Waals surface area contributed by atoms with Crippen molar-refractivity contribution >= 4 is 32.8 Å². The van der Waals surface area contributed by atoms with E-state index in [0.717, 1.165) is 31.1 Å². The maximum atomic E-state index is 12.8. The molecule has 0 amide bonds. The Hall–Kier alpha value is -1.94. The number of aliphatic hydroxyl groups excluding tert-OH is 1. The van der Waals surface area contributed by atoms with Gasteiger partial charge in [0.15, 0.2) is 5.78 Å². The van der Waals surface area contributed by atoms with Crippen LogP contribution in [-0.4, -0.2) is 50.4 Å². The predicted molar refractivity (Wildman–Crippen MR) is 122 cm³/mol. The first-order valence-electron chi connectivity index (χ1n) is 10.5. The fourth-order valence-electron chi connectivity index (χ4n) is 4.42. The SMILES string of the molecule is Cc1cc2c(s1)CCC(CNC1CCC(Oc3cccc(NS(C)(=O)=O)c3)C1O)C2=O. The normalized spacial score (nSPS) is 26.0. The van der Waals surface area contributed by atoms with Gasteiger partial charge in [0, 0.05) is 39.9 Å². The van der Waals surface area contributed by atoms with Crippen LogP contribution in [0.3, 0.4) is 0 Å². The van der Waals surface area contributed by atoms with E-state index in [0.29, 0.717) is 24.4 Å². The van der Waals surface area contributed by atoms with Crippen LogP contribution in [0.5, 0.6) is 5.75 Å². The number of benzene rings is 1. The molecule has 168 valence electrons. The summed E-state index contributed by atoms with van der Waals surface area (Å²) >= 11 is 1.71. The lowest BCUT2D eigenvalue weighted by molar-refractivity contribution is 0.0442. The first-order valence-corrected chi connectivity index (χ1v) is 13.2. The average Bonchev–Trinajstić information content (AvgIpc) is 3.23. The molecule has 0 radical (unpaired) electrons. The molecule has 0 aliphatic heterocycles. The molecule has 4 atom stereocenters. The fourth-order valence-corrected chi connectivity index (χ4v) is 6.03. The number of aryl methyl sites for hydroxylation is 2. The maximum Gasteiger partial charge on any atom is 0.229 e. The Morgan fingerprint density at radius 3 is 2.81 bits per heavy atom. The molecule has 2 aromatic rings. The average molecular weight is 465 g/mol. The quantitative estimate of drug-likeness (QED) is 0.582. The van der Waals surface area contributed by atoms with Crippen LogP contribution in [0.15, 0.2) is 30.3 Å². The summed E-state index contributed by atoms with van der Waals surface area (Å²) in [4.78, 5) is 15.2. The number of anilines is 1. The van der Waals surface area contributed by atoms with Gasteiger partial charge in [-0.1, -0.05) is 6.07 Å². The molecule has 2 aliphatic carbocycles. The monoisotopic (exact) mass is 464 g/mol. The Labute approximate surface area is 186 Å². The second kappa shape index (κ2) is 8.90. The first kappa shape index (κ1) is 22.3. The maximum absolute atomic E-state index is 12.8. The number of Topliss-reactive ketones (excluding diaryl/α,β-unsaturated/α-hetero) is 1. The zero-order chi connectivity index (χ0) is 22.2. The summed E-state index contributed by atoms with van der Waals surface area (Å²) in [5.41, 5.74) is 1.29. The third-order valence-corrected chi connectivity index (χ3v) is 7.61. The topological polar surface area (TPSA) is 105 Å². The zero-order valence-corrected chi connectivity index (χ0v) is 19.3. The standard InChI is InChI=1S/C22H28N2O5S2/c1-13-10-17-20(30-13)9-6-14(21(17)25)12-23-18-7-8-19(22(18)26)29-16-5-3-4-15(11-16)24-31(2,27)28/h3-5,10-11,14,18-19,22-24,26H,6-9,12H2,1-2H3. The molecule has 0 saturated heterocycles. The van der Waals surface area contributed by atoms with Crippen LogP contribution in [0.25, 0.3) is 0 Å². The smallest absolute Gasteiger partial charge is 0.229 e. The van der Waals surface area contributed by atoms with E-state index < -0.39 is 16.1 Å². The van der Waals surface area contributed by atoms with E-state index >= 15 is 0 Å². The lowest BCUT2D eigenvalue weighted by atomic mass is 9.87. The fraction of sp³-hybridized carbons (Fsp3) is 0.500. The van der Waals surface area contributed by atoms with Crippen molar-refractivity contribution in [1.29, 1.82) is 0 Å². The van der Waals surface area contributed by atoms with E-state index in [1.807, 2.05) is 13.0 Å². The number of ketones is 1. The number of carbonyl (C=O) groups is 1. The van der Waals surface area contributed by atoms with Crippen LogP contribution in [0, 0.1) is 12.8 Å². The summed E-state index contributed by atoms with van der Waals surface area (Å²) in [6.07, 6.45) is 3.19. The van der Waals surface area contributed by atoms with Crippen molar-refractivity contribution in [2.24, 2.45) is 5.92 Å². The van der Waals surface area contributed by atoms with Gasteiger partial charge in [-0.2, -0.15) is 0 Å². The molecule has 3 N–H and O–H groups in total. The molecular weight excluding hydrogens is 436 g/mol. The van der Waals surface area contributed by atoms with Crippen molar-refractivity contribution in [3.63, 3.8) is 0 Å². The summed E-state index contributed by atoms with van der Waals surface area (Å²) in [5, 5.41) is 14.1. The number of hydrogen-bond donors (Lipinski definition) is 3. The second-order valence-electron chi connectivity index (χ2n) is 8.43. The van der Waals surface area contributed by atoms with E-state index in [1.54, 1.807) is 35.6 Å². The van der Waals surface area contributed by atoms with E-state index in [9.17, 15) is 18.3 Å². The molecule has 2 aliphatic rings. The van der Waals surface area contributed by atoms with Crippen molar-refractivity contribution in [3.8, 4) is 5.75 Å². The second-order valence-corrected chi connectivity index (χ2v) is 11.5. The third-order valence-electron chi connectivity index (χ3n) is 5.89. The number of thiophene rings is 1. The Bertz CT molecular complexity index is 1070. The van der Waals surface area contributed by atoms with Crippen molar-refractivity contribution in [2.75, 3.05) is 17.5 Å². The minimum Gasteiger partial charge on any atom is -0.488 e. The Kier molecular flexibility index (Phi) is 6.39. The Morgan fingerprint density at radius 2 is 2.03 bits per heavy atom. The van der Waals surface area contributed by atoms with Crippen LogP contribution < -0.4 is 14.8 Å². The zero-order valence-electron chi connectivity index (χ0n) is 17.6. The largest absolute Gasteiger partial charge is 0.488 e. The molecular formula is C22H28N2O5S2. The molecule has 9 heteroatoms. The van der Waals surface area contributed by atoms with Gasteiger partial charge in [-0.15, -0.1) is 11.3 Å². The Balaban J connectivity index is 1.32. The van der Waals surface area contributed by atoms with Gasteiger partial charge in [-0.05, 0) is 50.8 Å². The minimum atomic E-state index is -3.37. The molecule has 4 unspecified atom stereocenters. The molecule has 1 fully saturated rings. The van der Waals surface area contributed by atoms with Crippen LogP contribution >= 0.6 is 11.3 Å². The number of ether oxygens (including phenoxy) is 1. The molecule has 1 aromatic carbocycles. The summed E-state index contributed by atoms with van der Waals surface area (Å²) in [6.45, 7) is 2.58. The number of hydrogen-bond acceptors (Lipinski definition) is 7. The highest BCUT2D eigenvalue weighted by atomic mass is 32.2. The molecule has 31 heavy (non-hydrogen) atoms. The summed E-state index contributed by atoms with van der Waals surface area (Å²) in [7, 11) is -3.37. The number of aliphatic hydroxyl groups is 1. The van der Waals surface area contributed by atoms with Crippen LogP contribution in [-0.2, 0) is 16.4 Å². The van der Waals surface area contributed by atoms with E-state index in [2.05, 4.69) is 10.0 Å². The van der Waals surface area contributed by atoms with Gasteiger partial charge in [0.1, 0.15) is 18.0 Å². The molecule has 7 nitrogen and oxygen atoms in total. The highest BCUT2D eigenvalue weighted by Gasteiger charge is 2.37. The number of sulfonamides is 1. The molecule has 0 spiro atoms. The first-order chi connectivity index (χ1) is 14.7. The summed E-state index contributed by atoms with van der Waals surface area (Å²) in [6, 6.07) is 8.55. The van der Waals surface area contributed by atoms with Crippen LogP contribution in [0.1, 0.15) is 39.4 Å². The van der Waals surface area contributed by atoms with Gasteiger partial charge in [-0.25, -0.2) is 8.42 Å². The Morgan fingerprint density at radius 1 is 1.23 bits per heavy atom. The number of nitrogens with one attached hydrogen (secondary N) is 2. The van der Waals surface area contributed by atoms with Crippen LogP contribution in [0.4, 0.5) is 5.69 Å². The highest BCUT2D eigenvalue weighted by Crippen LogP contribution is 2.32. The van der Waals surface area contributed by atoms with Crippen molar-refractivity contribution in [1.82, 2.24) is 5.32 Å². The third kappa shape index (κ3) is 5.28. The van der Waals surface area contributed by atoms with Crippen molar-refractivity contribution in [2.45, 2.75) is 50.9 Å². The van der Waals surface area contributed by atoms with E-state index in [4.69, 9.17) is 4.74 Å². The minimum absolute atomic E-state index is 0.0626. The molecule has 1 heterocycles. The number of rotatable bonds is 7. The van der Waals surface area contributed by atoms with E-state index in [-0.39, 0.29) is 23.8 Å². The van der Waals surface area contributed by atoms with Gasteiger partial charge in [-0.3, -0.25) is 9.52 Å². The molecule has 4 rings (SSSR count). The predicted octanol–water partition coefficient (Wildman–Crippen LogP) is 2.73. The van der Waals surface area contributed by atoms with Crippen LogP contribution in [0.2, 0.25) is 0 Å². The van der Waals surface area contributed by atoms with Gasteiger partial charge >= 0.3 is 0 Å². The lowest BCUT2D eigenvalue weighted by Gasteiger charge is -2.25. The van der Waals surface area contributed by atoms with Gasteiger partial charge in [0.05, 0.1) is 11.9 Å². The number of carbonyl (C=O) groups excluding carboxylic acids is 1. The summed E-state index contributed by atoms with van der Waals surface area (Å²) in [5.74, 6) is 0.641. The highest BCUT2D eigenvalue weighted by molar-refractivity contribution is 7.92.